The Morgan fingerprint density at radius 1 is 1.47 bits per heavy atom. The van der Waals surface area contributed by atoms with Crippen LogP contribution in [0, 0.1) is 5.92 Å². The molecule has 0 radical (unpaired) electrons. The van der Waals surface area contributed by atoms with E-state index in [9.17, 15) is 0 Å². The van der Waals surface area contributed by atoms with Gasteiger partial charge in [-0.15, -0.1) is 0 Å². The minimum Gasteiger partial charge on any atom is -0.356 e. The van der Waals surface area contributed by atoms with E-state index in [4.69, 9.17) is 5.73 Å². The molecule has 4 nitrogen and oxygen atoms in total. The maximum Gasteiger partial charge on any atom is 0.132 e. The lowest BCUT2D eigenvalue weighted by Gasteiger charge is -2.33. The zero-order valence-corrected chi connectivity index (χ0v) is 10.8. The molecule has 1 aromatic heterocycles. The quantitative estimate of drug-likeness (QED) is 0.866. The summed E-state index contributed by atoms with van der Waals surface area (Å²) >= 11 is 0. The average Bonchev–Trinajstić information content (AvgIpc) is 2.39. The number of hydrogen-bond donors (Lipinski definition) is 1. The SMILES string of the molecule is CC(C)c1cc(N2CCCC(CN)C2)ncn1. The third-order valence-corrected chi connectivity index (χ3v) is 3.44. The second kappa shape index (κ2) is 5.45. The number of rotatable bonds is 3. The average molecular weight is 234 g/mol. The van der Waals surface area contributed by atoms with Gasteiger partial charge in [-0.3, -0.25) is 0 Å². The van der Waals surface area contributed by atoms with E-state index >= 15 is 0 Å². The molecule has 0 aromatic carbocycles. The first-order valence-corrected chi connectivity index (χ1v) is 6.47. The van der Waals surface area contributed by atoms with Crippen molar-refractivity contribution in [3.05, 3.63) is 18.1 Å². The van der Waals surface area contributed by atoms with Gasteiger partial charge in [0.25, 0.3) is 0 Å². The first-order chi connectivity index (χ1) is 8.20. The minimum atomic E-state index is 0.451. The summed E-state index contributed by atoms with van der Waals surface area (Å²) in [6.45, 7) is 7.21. The van der Waals surface area contributed by atoms with Crippen LogP contribution in [0.2, 0.25) is 0 Å². The van der Waals surface area contributed by atoms with Gasteiger partial charge in [0, 0.05) is 24.8 Å². The van der Waals surface area contributed by atoms with Gasteiger partial charge in [-0.05, 0) is 31.2 Å². The fraction of sp³-hybridized carbons (Fsp3) is 0.692. The van der Waals surface area contributed by atoms with Gasteiger partial charge in [-0.25, -0.2) is 9.97 Å². The van der Waals surface area contributed by atoms with Crippen molar-refractivity contribution >= 4 is 5.82 Å². The predicted octanol–water partition coefficient (Wildman–Crippen LogP) is 1.78. The second-order valence-electron chi connectivity index (χ2n) is 5.15. The van der Waals surface area contributed by atoms with Crippen molar-refractivity contribution in [2.75, 3.05) is 24.5 Å². The molecule has 0 bridgehead atoms. The lowest BCUT2D eigenvalue weighted by Crippen LogP contribution is -2.38. The largest absolute Gasteiger partial charge is 0.356 e. The number of piperidine rings is 1. The maximum atomic E-state index is 5.76. The molecule has 0 saturated carbocycles. The molecular weight excluding hydrogens is 212 g/mol. The molecule has 2 rings (SSSR count). The molecular formula is C13H22N4. The summed E-state index contributed by atoms with van der Waals surface area (Å²) in [5, 5.41) is 0. The smallest absolute Gasteiger partial charge is 0.132 e. The summed E-state index contributed by atoms with van der Waals surface area (Å²) < 4.78 is 0. The molecule has 1 saturated heterocycles. The molecule has 1 unspecified atom stereocenters. The van der Waals surface area contributed by atoms with Crippen molar-refractivity contribution in [1.82, 2.24) is 9.97 Å². The van der Waals surface area contributed by atoms with E-state index in [1.807, 2.05) is 0 Å². The number of hydrogen-bond acceptors (Lipinski definition) is 4. The van der Waals surface area contributed by atoms with Gasteiger partial charge >= 0.3 is 0 Å². The molecule has 1 atom stereocenters. The Bertz CT molecular complexity index is 364. The Morgan fingerprint density at radius 2 is 2.29 bits per heavy atom. The van der Waals surface area contributed by atoms with Gasteiger partial charge in [0.15, 0.2) is 0 Å². The Morgan fingerprint density at radius 3 is 3.00 bits per heavy atom. The van der Waals surface area contributed by atoms with Crippen molar-refractivity contribution < 1.29 is 0 Å². The predicted molar refractivity (Wildman–Crippen MR) is 70.1 cm³/mol. The van der Waals surface area contributed by atoms with Gasteiger partial charge in [0.1, 0.15) is 12.1 Å². The molecule has 1 fully saturated rings. The van der Waals surface area contributed by atoms with Crippen molar-refractivity contribution in [3.63, 3.8) is 0 Å². The van der Waals surface area contributed by atoms with E-state index in [1.165, 1.54) is 12.8 Å². The van der Waals surface area contributed by atoms with Gasteiger partial charge in [-0.2, -0.15) is 0 Å². The summed E-state index contributed by atoms with van der Waals surface area (Å²) in [6.07, 6.45) is 4.13. The van der Waals surface area contributed by atoms with E-state index < -0.39 is 0 Å². The highest BCUT2D eigenvalue weighted by molar-refractivity contribution is 5.40. The molecule has 94 valence electrons. The van der Waals surface area contributed by atoms with Crippen molar-refractivity contribution in [2.24, 2.45) is 11.7 Å². The Hall–Kier alpha value is -1.16. The number of aromatic nitrogens is 2. The monoisotopic (exact) mass is 234 g/mol. The number of nitrogens with zero attached hydrogens (tertiary/aromatic N) is 3. The molecule has 1 aliphatic heterocycles. The maximum absolute atomic E-state index is 5.76. The first-order valence-electron chi connectivity index (χ1n) is 6.47. The zero-order chi connectivity index (χ0) is 12.3. The molecule has 0 amide bonds. The highest BCUT2D eigenvalue weighted by Gasteiger charge is 2.20. The highest BCUT2D eigenvalue weighted by atomic mass is 15.2. The van der Waals surface area contributed by atoms with Crippen molar-refractivity contribution in [1.29, 1.82) is 0 Å². The fourth-order valence-electron chi connectivity index (χ4n) is 2.32. The normalized spacial score (nSPS) is 20.9. The summed E-state index contributed by atoms with van der Waals surface area (Å²) in [7, 11) is 0. The van der Waals surface area contributed by atoms with Crippen LogP contribution in [0.3, 0.4) is 0 Å². The summed E-state index contributed by atoms with van der Waals surface area (Å²) in [5.41, 5.74) is 6.88. The molecule has 4 heteroatoms. The highest BCUT2D eigenvalue weighted by Crippen LogP contribution is 2.22. The van der Waals surface area contributed by atoms with Gasteiger partial charge in [0.2, 0.25) is 0 Å². The van der Waals surface area contributed by atoms with Crippen LogP contribution in [0.5, 0.6) is 0 Å². The van der Waals surface area contributed by atoms with Crippen LogP contribution in [0.25, 0.3) is 0 Å². The molecule has 0 aliphatic carbocycles. The molecule has 2 heterocycles. The van der Waals surface area contributed by atoms with Crippen LogP contribution in [-0.2, 0) is 0 Å². The van der Waals surface area contributed by atoms with E-state index in [0.717, 1.165) is 31.1 Å². The molecule has 17 heavy (non-hydrogen) atoms. The Balaban J connectivity index is 2.13. The van der Waals surface area contributed by atoms with Crippen LogP contribution in [-0.4, -0.2) is 29.6 Å². The van der Waals surface area contributed by atoms with E-state index in [2.05, 4.69) is 34.8 Å². The van der Waals surface area contributed by atoms with Crippen molar-refractivity contribution in [3.8, 4) is 0 Å². The topological polar surface area (TPSA) is 55.0 Å². The Kier molecular flexibility index (Phi) is 3.94. The number of nitrogens with two attached hydrogens (primary N) is 1. The van der Waals surface area contributed by atoms with Crippen LogP contribution in [0.1, 0.15) is 38.3 Å². The van der Waals surface area contributed by atoms with Crippen LogP contribution < -0.4 is 10.6 Å². The molecule has 1 aromatic rings. The van der Waals surface area contributed by atoms with Gasteiger partial charge in [-0.1, -0.05) is 13.8 Å². The van der Waals surface area contributed by atoms with Gasteiger partial charge in [0.05, 0.1) is 0 Å². The van der Waals surface area contributed by atoms with E-state index in [1.54, 1.807) is 6.33 Å². The van der Waals surface area contributed by atoms with Crippen LogP contribution >= 0.6 is 0 Å². The lowest BCUT2D eigenvalue weighted by molar-refractivity contribution is 0.421. The molecule has 0 spiro atoms. The van der Waals surface area contributed by atoms with Crippen molar-refractivity contribution in [2.45, 2.75) is 32.6 Å². The standard InChI is InChI=1S/C13H22N4/c1-10(2)12-6-13(16-9-15-12)17-5-3-4-11(7-14)8-17/h6,9-11H,3-5,7-8,14H2,1-2H3. The molecule has 2 N–H and O–H groups in total. The third kappa shape index (κ3) is 2.94. The van der Waals surface area contributed by atoms with Crippen LogP contribution in [0.15, 0.2) is 12.4 Å². The summed E-state index contributed by atoms with van der Waals surface area (Å²) in [6, 6.07) is 2.11. The minimum absolute atomic E-state index is 0.451. The fourth-order valence-corrected chi connectivity index (χ4v) is 2.32. The van der Waals surface area contributed by atoms with Gasteiger partial charge < -0.3 is 10.6 Å². The van der Waals surface area contributed by atoms with E-state index in [-0.39, 0.29) is 0 Å². The number of anilines is 1. The Labute approximate surface area is 103 Å². The van der Waals surface area contributed by atoms with E-state index in [0.29, 0.717) is 11.8 Å². The summed E-state index contributed by atoms with van der Waals surface area (Å²) in [5.74, 6) is 2.12. The molecule has 1 aliphatic rings. The first kappa shape index (κ1) is 12.3. The third-order valence-electron chi connectivity index (χ3n) is 3.44. The lowest BCUT2D eigenvalue weighted by atomic mass is 9.98. The second-order valence-corrected chi connectivity index (χ2v) is 5.15. The van der Waals surface area contributed by atoms with Crippen LogP contribution in [0.4, 0.5) is 5.82 Å². The zero-order valence-electron chi connectivity index (χ0n) is 10.8. The summed E-state index contributed by atoms with van der Waals surface area (Å²) in [4.78, 5) is 11.0.